The number of hydrogen-bond acceptors (Lipinski definition) is 6. The molecular formula is C14H13NO5S2. The Morgan fingerprint density at radius 1 is 1.14 bits per heavy atom. The van der Waals surface area contributed by atoms with Crippen molar-refractivity contribution in [2.75, 3.05) is 18.7 Å². The molecule has 8 heteroatoms. The largest absolute Gasteiger partial charge is 0.465 e. The van der Waals surface area contributed by atoms with Gasteiger partial charge < -0.3 is 10.1 Å². The van der Waals surface area contributed by atoms with E-state index in [1.807, 2.05) is 0 Å². The molecule has 116 valence electrons. The lowest BCUT2D eigenvalue weighted by Crippen LogP contribution is -2.17. The van der Waals surface area contributed by atoms with E-state index in [4.69, 9.17) is 0 Å². The molecule has 0 saturated heterocycles. The van der Waals surface area contributed by atoms with Crippen LogP contribution in [0.15, 0.2) is 40.6 Å². The summed E-state index contributed by atoms with van der Waals surface area (Å²) in [5, 5.41) is 4.48. The van der Waals surface area contributed by atoms with Crippen molar-refractivity contribution >= 4 is 38.1 Å². The minimum Gasteiger partial charge on any atom is -0.465 e. The van der Waals surface area contributed by atoms with Gasteiger partial charge in [-0.15, -0.1) is 11.3 Å². The zero-order valence-electron chi connectivity index (χ0n) is 11.8. The molecule has 0 aliphatic rings. The highest BCUT2D eigenvalue weighted by Crippen LogP contribution is 2.25. The molecule has 0 atom stereocenters. The molecule has 6 nitrogen and oxygen atoms in total. The number of anilines is 1. The molecule has 0 radical (unpaired) electrons. The van der Waals surface area contributed by atoms with Gasteiger partial charge in [0.05, 0.1) is 23.1 Å². The Bertz CT molecular complexity index is 823. The Morgan fingerprint density at radius 2 is 1.82 bits per heavy atom. The van der Waals surface area contributed by atoms with E-state index in [-0.39, 0.29) is 16.0 Å². The number of hydrogen-bond donors (Lipinski definition) is 1. The predicted molar refractivity (Wildman–Crippen MR) is 83.2 cm³/mol. The Morgan fingerprint density at radius 3 is 2.45 bits per heavy atom. The quantitative estimate of drug-likeness (QED) is 0.863. The van der Waals surface area contributed by atoms with Crippen LogP contribution in [0.2, 0.25) is 0 Å². The van der Waals surface area contributed by atoms with Gasteiger partial charge in [-0.1, -0.05) is 12.1 Å². The normalized spacial score (nSPS) is 11.0. The Kier molecular flexibility index (Phi) is 4.62. The average molecular weight is 339 g/mol. The summed E-state index contributed by atoms with van der Waals surface area (Å²) in [6, 6.07) is 7.41. The van der Waals surface area contributed by atoms with E-state index in [0.717, 1.165) is 17.6 Å². The van der Waals surface area contributed by atoms with Crippen LogP contribution in [-0.4, -0.2) is 33.7 Å². The maximum absolute atomic E-state index is 12.3. The molecule has 0 unspecified atom stereocenters. The fourth-order valence-corrected chi connectivity index (χ4v) is 3.48. The maximum Gasteiger partial charge on any atom is 0.340 e. The molecule has 1 heterocycles. The van der Waals surface area contributed by atoms with Crippen molar-refractivity contribution in [1.82, 2.24) is 0 Å². The number of amides is 1. The van der Waals surface area contributed by atoms with E-state index in [1.165, 1.54) is 31.4 Å². The predicted octanol–water partition coefficient (Wildman–Crippen LogP) is 2.19. The number of ether oxygens (including phenoxy) is 1. The second-order valence-corrected chi connectivity index (χ2v) is 7.28. The molecule has 0 saturated carbocycles. The molecule has 1 amide bonds. The van der Waals surface area contributed by atoms with Gasteiger partial charge in [0, 0.05) is 6.26 Å². The van der Waals surface area contributed by atoms with Crippen LogP contribution in [-0.2, 0) is 14.6 Å². The van der Waals surface area contributed by atoms with E-state index in [1.54, 1.807) is 11.4 Å². The van der Waals surface area contributed by atoms with E-state index in [0.29, 0.717) is 5.00 Å². The summed E-state index contributed by atoms with van der Waals surface area (Å²) in [6.45, 7) is 0. The highest BCUT2D eigenvalue weighted by Gasteiger charge is 2.21. The third-order valence-corrected chi connectivity index (χ3v) is 4.81. The lowest BCUT2D eigenvalue weighted by molar-refractivity contribution is 0.0602. The molecule has 1 aromatic carbocycles. The SMILES string of the molecule is COC(=O)c1ccsc1NC(=O)c1ccccc1S(C)(=O)=O. The summed E-state index contributed by atoms with van der Waals surface area (Å²) in [7, 11) is -2.30. The van der Waals surface area contributed by atoms with Gasteiger partial charge in [0.1, 0.15) is 5.00 Å². The van der Waals surface area contributed by atoms with Crippen LogP contribution in [0.3, 0.4) is 0 Å². The first-order valence-electron chi connectivity index (χ1n) is 6.11. The minimum atomic E-state index is -3.54. The third-order valence-electron chi connectivity index (χ3n) is 2.83. The topological polar surface area (TPSA) is 89.5 Å². The van der Waals surface area contributed by atoms with Gasteiger partial charge in [-0.2, -0.15) is 0 Å². The fourth-order valence-electron chi connectivity index (χ4n) is 1.82. The number of benzene rings is 1. The van der Waals surface area contributed by atoms with E-state index < -0.39 is 21.7 Å². The molecule has 0 bridgehead atoms. The average Bonchev–Trinajstić information content (AvgIpc) is 2.93. The van der Waals surface area contributed by atoms with Crippen molar-refractivity contribution < 1.29 is 22.7 Å². The molecule has 1 N–H and O–H groups in total. The molecule has 1 aromatic heterocycles. The van der Waals surface area contributed by atoms with E-state index in [2.05, 4.69) is 10.1 Å². The first kappa shape index (κ1) is 16.2. The monoisotopic (exact) mass is 339 g/mol. The van der Waals surface area contributed by atoms with E-state index >= 15 is 0 Å². The number of carbonyl (C=O) groups is 2. The van der Waals surface area contributed by atoms with Crippen molar-refractivity contribution in [2.24, 2.45) is 0 Å². The fraction of sp³-hybridized carbons (Fsp3) is 0.143. The number of methoxy groups -OCH3 is 1. The van der Waals surface area contributed by atoms with Crippen LogP contribution < -0.4 is 5.32 Å². The Balaban J connectivity index is 2.36. The van der Waals surface area contributed by atoms with Crippen molar-refractivity contribution in [2.45, 2.75) is 4.90 Å². The van der Waals surface area contributed by atoms with Crippen LogP contribution >= 0.6 is 11.3 Å². The molecule has 0 fully saturated rings. The number of esters is 1. The number of nitrogens with one attached hydrogen (secondary N) is 1. The standard InChI is InChI=1S/C14H13NO5S2/c1-20-14(17)10-7-8-21-13(10)15-12(16)9-5-3-4-6-11(9)22(2,18)19/h3-8H,1-2H3,(H,15,16). The lowest BCUT2D eigenvalue weighted by atomic mass is 10.2. The zero-order chi connectivity index (χ0) is 16.3. The summed E-state index contributed by atoms with van der Waals surface area (Å²) in [6.07, 6.45) is 1.03. The van der Waals surface area contributed by atoms with Gasteiger partial charge in [-0.3, -0.25) is 4.79 Å². The molecule has 0 spiro atoms. The first-order valence-corrected chi connectivity index (χ1v) is 8.88. The van der Waals surface area contributed by atoms with Gasteiger partial charge in [-0.25, -0.2) is 13.2 Å². The molecule has 0 aliphatic carbocycles. The summed E-state index contributed by atoms with van der Waals surface area (Å²) >= 11 is 1.15. The van der Waals surface area contributed by atoms with Gasteiger partial charge in [0.2, 0.25) is 0 Å². The number of carbonyl (C=O) groups excluding carboxylic acids is 2. The summed E-state index contributed by atoms with van der Waals surface area (Å²) in [5.41, 5.74) is 0.243. The van der Waals surface area contributed by atoms with E-state index in [9.17, 15) is 18.0 Å². The molecule has 2 rings (SSSR count). The zero-order valence-corrected chi connectivity index (χ0v) is 13.5. The highest BCUT2D eigenvalue weighted by atomic mass is 32.2. The van der Waals surface area contributed by atoms with Crippen molar-refractivity contribution in [3.63, 3.8) is 0 Å². The molecule has 0 aliphatic heterocycles. The van der Waals surface area contributed by atoms with Crippen LogP contribution in [0.25, 0.3) is 0 Å². The van der Waals surface area contributed by atoms with Gasteiger partial charge in [-0.05, 0) is 23.6 Å². The van der Waals surface area contributed by atoms with Crippen LogP contribution in [0, 0.1) is 0 Å². The Labute approximate surface area is 131 Å². The second kappa shape index (κ2) is 6.29. The molecule has 2 aromatic rings. The number of sulfone groups is 1. The van der Waals surface area contributed by atoms with Crippen molar-refractivity contribution in [3.05, 3.63) is 46.8 Å². The third kappa shape index (κ3) is 3.34. The lowest BCUT2D eigenvalue weighted by Gasteiger charge is -2.08. The maximum atomic E-state index is 12.3. The highest BCUT2D eigenvalue weighted by molar-refractivity contribution is 7.90. The van der Waals surface area contributed by atoms with Crippen LogP contribution in [0.4, 0.5) is 5.00 Å². The number of thiophene rings is 1. The smallest absolute Gasteiger partial charge is 0.340 e. The molecular weight excluding hydrogens is 326 g/mol. The van der Waals surface area contributed by atoms with Crippen LogP contribution in [0.1, 0.15) is 20.7 Å². The first-order chi connectivity index (χ1) is 10.3. The van der Waals surface area contributed by atoms with Gasteiger partial charge >= 0.3 is 5.97 Å². The summed E-state index contributed by atoms with van der Waals surface area (Å²) < 4.78 is 28.1. The summed E-state index contributed by atoms with van der Waals surface area (Å²) in [5.74, 6) is -1.18. The van der Waals surface area contributed by atoms with Gasteiger partial charge in [0.25, 0.3) is 5.91 Å². The second-order valence-electron chi connectivity index (χ2n) is 4.38. The molecule has 22 heavy (non-hydrogen) atoms. The van der Waals surface area contributed by atoms with Gasteiger partial charge in [0.15, 0.2) is 9.84 Å². The Hall–Kier alpha value is -2.19. The minimum absolute atomic E-state index is 0.0224. The van der Waals surface area contributed by atoms with Crippen LogP contribution in [0.5, 0.6) is 0 Å². The summed E-state index contributed by atoms with van der Waals surface area (Å²) in [4.78, 5) is 23.8. The van der Waals surface area contributed by atoms with Crippen molar-refractivity contribution in [1.29, 1.82) is 0 Å². The van der Waals surface area contributed by atoms with Crippen molar-refractivity contribution in [3.8, 4) is 0 Å². The number of rotatable bonds is 4.